The predicted octanol–water partition coefficient (Wildman–Crippen LogP) is 1.53. The quantitative estimate of drug-likeness (QED) is 0.671. The molecule has 50 valence electrons. The minimum Gasteiger partial charge on any atom is -0.359 e. The van der Waals surface area contributed by atoms with Crippen molar-refractivity contribution in [2.24, 2.45) is 0 Å². The molecule has 3 nitrogen and oxygen atoms in total. The summed E-state index contributed by atoms with van der Waals surface area (Å²) in [4.78, 5) is 7.08. The lowest BCUT2D eigenvalue weighted by molar-refractivity contribution is 1.30. The van der Waals surface area contributed by atoms with Crippen molar-refractivity contribution in [1.82, 2.24) is 14.3 Å². The summed E-state index contributed by atoms with van der Waals surface area (Å²) in [6.07, 6.45) is 3.43. The van der Waals surface area contributed by atoms with Crippen LogP contribution in [0.4, 0.5) is 0 Å². The number of hydrogen-bond donors (Lipinski definition) is 1. The predicted molar refractivity (Wildman–Crippen MR) is 39.7 cm³/mol. The summed E-state index contributed by atoms with van der Waals surface area (Å²) in [5.74, 6) is 0. The molecule has 0 bridgehead atoms. The molecule has 0 saturated carbocycles. The van der Waals surface area contributed by atoms with Crippen LogP contribution in [-0.2, 0) is 0 Å². The molecular formula is C6H5N3S. The monoisotopic (exact) mass is 151 g/mol. The molecule has 2 aromatic rings. The lowest BCUT2D eigenvalue weighted by Gasteiger charge is -1.83. The van der Waals surface area contributed by atoms with E-state index in [4.69, 9.17) is 0 Å². The Morgan fingerprint density at radius 2 is 2.50 bits per heavy atom. The maximum atomic E-state index is 4.03. The number of aromatic amines is 1. The zero-order valence-corrected chi connectivity index (χ0v) is 5.93. The van der Waals surface area contributed by atoms with Crippen LogP contribution >= 0.6 is 11.5 Å². The fourth-order valence-electron chi connectivity index (χ4n) is 0.755. The molecule has 0 aliphatic carbocycles. The average molecular weight is 151 g/mol. The maximum Gasteiger partial charge on any atom is 0.159 e. The molecule has 1 N–H and O–H groups in total. The van der Waals surface area contributed by atoms with Crippen molar-refractivity contribution in [3.05, 3.63) is 24.7 Å². The summed E-state index contributed by atoms with van der Waals surface area (Å²) >= 11 is 1.39. The molecule has 0 saturated heterocycles. The molecule has 4 heteroatoms. The molecule has 0 atom stereocenters. The standard InChI is InChI=1S/C6H5N3S/c1-2-5(7-3-1)6-8-4-9-10-6/h1-4,7H. The molecule has 0 aliphatic heterocycles. The van der Waals surface area contributed by atoms with E-state index in [0.29, 0.717) is 0 Å². The third kappa shape index (κ3) is 0.823. The van der Waals surface area contributed by atoms with Gasteiger partial charge < -0.3 is 4.98 Å². The zero-order valence-electron chi connectivity index (χ0n) is 5.11. The highest BCUT2D eigenvalue weighted by atomic mass is 32.1. The summed E-state index contributed by atoms with van der Waals surface area (Å²) in [6.45, 7) is 0. The van der Waals surface area contributed by atoms with Crippen LogP contribution in [0.25, 0.3) is 10.7 Å². The Bertz CT molecular complexity index is 252. The number of nitrogens with one attached hydrogen (secondary N) is 1. The van der Waals surface area contributed by atoms with E-state index in [2.05, 4.69) is 14.3 Å². The van der Waals surface area contributed by atoms with Gasteiger partial charge >= 0.3 is 0 Å². The first-order valence-electron chi connectivity index (χ1n) is 2.87. The van der Waals surface area contributed by atoms with E-state index in [1.54, 1.807) is 6.33 Å². The summed E-state index contributed by atoms with van der Waals surface area (Å²) in [7, 11) is 0. The fraction of sp³-hybridized carbons (Fsp3) is 0. The van der Waals surface area contributed by atoms with E-state index in [-0.39, 0.29) is 0 Å². The van der Waals surface area contributed by atoms with Crippen LogP contribution in [0.2, 0.25) is 0 Å². The van der Waals surface area contributed by atoms with Crippen LogP contribution in [0.1, 0.15) is 0 Å². The van der Waals surface area contributed by atoms with Gasteiger partial charge in [-0.1, -0.05) is 0 Å². The van der Waals surface area contributed by atoms with Crippen molar-refractivity contribution in [3.63, 3.8) is 0 Å². The van der Waals surface area contributed by atoms with Crippen molar-refractivity contribution >= 4 is 11.5 Å². The highest BCUT2D eigenvalue weighted by Crippen LogP contribution is 2.16. The van der Waals surface area contributed by atoms with E-state index in [1.807, 2.05) is 18.3 Å². The number of aromatic nitrogens is 3. The lowest BCUT2D eigenvalue weighted by atomic mass is 10.5. The van der Waals surface area contributed by atoms with Gasteiger partial charge in [0, 0.05) is 6.20 Å². The van der Waals surface area contributed by atoms with Crippen molar-refractivity contribution in [1.29, 1.82) is 0 Å². The molecular weight excluding hydrogens is 146 g/mol. The Morgan fingerprint density at radius 1 is 1.50 bits per heavy atom. The fourth-order valence-corrected chi connectivity index (χ4v) is 1.27. The minimum atomic E-state index is 0.935. The van der Waals surface area contributed by atoms with E-state index in [1.165, 1.54) is 11.5 Å². The molecule has 0 aromatic carbocycles. The third-order valence-corrected chi connectivity index (χ3v) is 1.89. The van der Waals surface area contributed by atoms with Crippen LogP contribution in [0.3, 0.4) is 0 Å². The highest BCUT2D eigenvalue weighted by molar-refractivity contribution is 7.09. The Hall–Kier alpha value is -1.16. The second-order valence-corrected chi connectivity index (χ2v) is 2.61. The summed E-state index contributed by atoms with van der Waals surface area (Å²) in [6, 6.07) is 3.91. The van der Waals surface area contributed by atoms with E-state index in [0.717, 1.165) is 10.7 Å². The van der Waals surface area contributed by atoms with Crippen molar-refractivity contribution in [2.75, 3.05) is 0 Å². The van der Waals surface area contributed by atoms with E-state index in [9.17, 15) is 0 Å². The molecule has 0 spiro atoms. The molecule has 0 amide bonds. The van der Waals surface area contributed by atoms with Crippen LogP contribution in [0.15, 0.2) is 24.7 Å². The van der Waals surface area contributed by atoms with Gasteiger partial charge in [0.1, 0.15) is 6.33 Å². The van der Waals surface area contributed by atoms with Gasteiger partial charge in [-0.15, -0.1) is 0 Å². The lowest BCUT2D eigenvalue weighted by Crippen LogP contribution is -1.70. The van der Waals surface area contributed by atoms with Crippen LogP contribution in [-0.4, -0.2) is 14.3 Å². The van der Waals surface area contributed by atoms with E-state index < -0.39 is 0 Å². The normalized spacial score (nSPS) is 10.0. The molecule has 0 unspecified atom stereocenters. The second kappa shape index (κ2) is 2.22. The Kier molecular flexibility index (Phi) is 1.25. The van der Waals surface area contributed by atoms with Gasteiger partial charge in [-0.25, -0.2) is 4.98 Å². The second-order valence-electron chi connectivity index (χ2n) is 1.83. The maximum absolute atomic E-state index is 4.03. The first kappa shape index (κ1) is 5.61. The van der Waals surface area contributed by atoms with Gasteiger partial charge in [-0.05, 0) is 23.7 Å². The molecule has 2 aromatic heterocycles. The molecule has 0 aliphatic rings. The molecule has 10 heavy (non-hydrogen) atoms. The summed E-state index contributed by atoms with van der Waals surface area (Å²) in [5, 5.41) is 0.935. The third-order valence-electron chi connectivity index (χ3n) is 1.19. The van der Waals surface area contributed by atoms with Gasteiger partial charge in [0.05, 0.1) is 5.69 Å². The Morgan fingerprint density at radius 3 is 3.10 bits per heavy atom. The average Bonchev–Trinajstić information content (AvgIpc) is 2.59. The van der Waals surface area contributed by atoms with Gasteiger partial charge in [-0.3, -0.25) is 0 Å². The Balaban J connectivity index is 2.48. The summed E-state index contributed by atoms with van der Waals surface area (Å²) < 4.78 is 3.89. The van der Waals surface area contributed by atoms with Gasteiger partial charge in [-0.2, -0.15) is 4.37 Å². The van der Waals surface area contributed by atoms with E-state index >= 15 is 0 Å². The first-order chi connectivity index (χ1) is 4.97. The van der Waals surface area contributed by atoms with Gasteiger partial charge in [0.2, 0.25) is 0 Å². The van der Waals surface area contributed by atoms with Crippen LogP contribution < -0.4 is 0 Å². The van der Waals surface area contributed by atoms with Crippen molar-refractivity contribution in [2.45, 2.75) is 0 Å². The number of rotatable bonds is 1. The summed E-state index contributed by atoms with van der Waals surface area (Å²) in [5.41, 5.74) is 1.03. The SMILES string of the molecule is c1c[nH]c(-c2ncns2)c1. The molecule has 2 rings (SSSR count). The van der Waals surface area contributed by atoms with Crippen molar-refractivity contribution in [3.8, 4) is 10.7 Å². The van der Waals surface area contributed by atoms with Gasteiger partial charge in [0.15, 0.2) is 5.01 Å². The smallest absolute Gasteiger partial charge is 0.159 e. The molecule has 0 fully saturated rings. The van der Waals surface area contributed by atoms with Crippen LogP contribution in [0, 0.1) is 0 Å². The zero-order chi connectivity index (χ0) is 6.81. The van der Waals surface area contributed by atoms with Crippen LogP contribution in [0.5, 0.6) is 0 Å². The molecule has 2 heterocycles. The topological polar surface area (TPSA) is 41.6 Å². The largest absolute Gasteiger partial charge is 0.359 e. The minimum absolute atomic E-state index is 0.935. The number of H-pyrrole nitrogens is 1. The number of hydrogen-bond acceptors (Lipinski definition) is 3. The highest BCUT2D eigenvalue weighted by Gasteiger charge is 1.98. The first-order valence-corrected chi connectivity index (χ1v) is 3.64. The van der Waals surface area contributed by atoms with Gasteiger partial charge in [0.25, 0.3) is 0 Å². The Labute approximate surface area is 61.9 Å². The molecule has 0 radical (unpaired) electrons. The van der Waals surface area contributed by atoms with Crippen molar-refractivity contribution < 1.29 is 0 Å². The number of nitrogens with zero attached hydrogens (tertiary/aromatic N) is 2.